The van der Waals surface area contributed by atoms with Crippen LogP contribution in [0.5, 0.6) is 17.2 Å². The van der Waals surface area contributed by atoms with E-state index in [1.807, 2.05) is 49.6 Å². The van der Waals surface area contributed by atoms with Gasteiger partial charge in [0.05, 0.1) is 13.2 Å². The van der Waals surface area contributed by atoms with Crippen LogP contribution >= 0.6 is 11.8 Å². The van der Waals surface area contributed by atoms with E-state index >= 15 is 0 Å². The van der Waals surface area contributed by atoms with E-state index in [2.05, 4.69) is 10.2 Å². The van der Waals surface area contributed by atoms with Crippen molar-refractivity contribution in [2.75, 3.05) is 19.8 Å². The number of aryl methyl sites for hydroxylation is 1. The highest BCUT2D eigenvalue weighted by Crippen LogP contribution is 2.40. The summed E-state index contributed by atoms with van der Waals surface area (Å²) >= 11 is 1.25. The van der Waals surface area contributed by atoms with Gasteiger partial charge in [0, 0.05) is 10.6 Å². The molecule has 4 aromatic rings. The van der Waals surface area contributed by atoms with Crippen molar-refractivity contribution in [1.82, 2.24) is 14.8 Å². The molecule has 0 unspecified atom stereocenters. The van der Waals surface area contributed by atoms with Crippen molar-refractivity contribution in [3.8, 4) is 22.9 Å². The van der Waals surface area contributed by atoms with Crippen LogP contribution in [0.2, 0.25) is 0 Å². The van der Waals surface area contributed by atoms with Crippen LogP contribution in [0.25, 0.3) is 5.69 Å². The maximum atomic E-state index is 13.6. The first-order chi connectivity index (χ1) is 18.9. The zero-order chi connectivity index (χ0) is 27.8. The summed E-state index contributed by atoms with van der Waals surface area (Å²) in [4.78, 5) is 11.3. The minimum absolute atomic E-state index is 0.148. The molecule has 0 saturated heterocycles. The summed E-state index contributed by atoms with van der Waals surface area (Å²) in [6.07, 6.45) is 0. The van der Waals surface area contributed by atoms with Crippen molar-refractivity contribution in [2.45, 2.75) is 37.8 Å². The molecule has 3 aromatic carbocycles. The Bertz CT molecular complexity index is 1410. The number of hydrogen-bond acceptors (Lipinski definition) is 8. The first-order valence-electron chi connectivity index (χ1n) is 12.5. The number of ether oxygens (including phenoxy) is 3. The fourth-order valence-corrected chi connectivity index (χ4v) is 5.11. The summed E-state index contributed by atoms with van der Waals surface area (Å²) in [5.41, 5.74) is 2.17. The molecule has 0 radical (unpaired) electrons. The Balaban J connectivity index is 1.61. The monoisotopic (exact) mass is 552 g/mol. The quantitative estimate of drug-likeness (QED) is 0.110. The first-order valence-corrected chi connectivity index (χ1v) is 13.3. The number of rotatable bonds is 13. The lowest BCUT2D eigenvalue weighted by Crippen LogP contribution is -2.12. The van der Waals surface area contributed by atoms with Gasteiger partial charge in [-0.3, -0.25) is 14.7 Å². The number of nitro groups is 1. The third-order valence-corrected chi connectivity index (χ3v) is 6.87. The van der Waals surface area contributed by atoms with Gasteiger partial charge in [0.25, 0.3) is 0 Å². The highest BCUT2D eigenvalue weighted by atomic mass is 32.2. The van der Waals surface area contributed by atoms with Gasteiger partial charge in [0.15, 0.2) is 16.7 Å². The highest BCUT2D eigenvalue weighted by Gasteiger charge is 2.25. The molecule has 11 heteroatoms. The van der Waals surface area contributed by atoms with Crippen molar-refractivity contribution < 1.29 is 23.5 Å². The van der Waals surface area contributed by atoms with Crippen LogP contribution in [-0.4, -0.2) is 39.4 Å². The molecule has 1 atom stereocenters. The number of halogens is 1. The van der Waals surface area contributed by atoms with Crippen molar-refractivity contribution in [2.24, 2.45) is 0 Å². The van der Waals surface area contributed by atoms with Gasteiger partial charge in [0.1, 0.15) is 29.2 Å². The molecule has 0 aliphatic rings. The Kier molecular flexibility index (Phi) is 9.37. The van der Waals surface area contributed by atoms with Crippen LogP contribution in [0.4, 0.5) is 4.39 Å². The number of hydrogen-bond donors (Lipinski definition) is 0. The molecule has 0 fully saturated rings. The molecule has 9 nitrogen and oxygen atoms in total. The maximum absolute atomic E-state index is 13.6. The van der Waals surface area contributed by atoms with Gasteiger partial charge in [-0.05, 0) is 80.4 Å². The van der Waals surface area contributed by atoms with E-state index < -0.39 is 5.25 Å². The van der Waals surface area contributed by atoms with E-state index in [-0.39, 0.29) is 23.9 Å². The molecule has 4 rings (SSSR count). The van der Waals surface area contributed by atoms with Crippen molar-refractivity contribution in [3.05, 3.63) is 99.6 Å². The fraction of sp³-hybridized carbons (Fsp3) is 0.286. The Morgan fingerprint density at radius 2 is 1.74 bits per heavy atom. The second-order valence-electron chi connectivity index (χ2n) is 8.47. The van der Waals surface area contributed by atoms with Gasteiger partial charge in [-0.2, -0.15) is 0 Å². The van der Waals surface area contributed by atoms with Gasteiger partial charge in [0.2, 0.25) is 6.54 Å². The highest BCUT2D eigenvalue weighted by molar-refractivity contribution is 7.99. The maximum Gasteiger partial charge on any atom is 0.220 e. The third kappa shape index (κ3) is 7.26. The van der Waals surface area contributed by atoms with Gasteiger partial charge in [-0.1, -0.05) is 30.0 Å². The average Bonchev–Trinajstić information content (AvgIpc) is 3.28. The summed E-state index contributed by atoms with van der Waals surface area (Å²) in [6, 6.07) is 18.9. The molecule has 39 heavy (non-hydrogen) atoms. The molecule has 0 bridgehead atoms. The number of nitrogens with zero attached hydrogens (tertiary/aromatic N) is 4. The van der Waals surface area contributed by atoms with E-state index in [0.29, 0.717) is 46.8 Å². The normalized spacial score (nSPS) is 11.7. The largest absolute Gasteiger partial charge is 0.494 e. The topological polar surface area (TPSA) is 102 Å². The van der Waals surface area contributed by atoms with Crippen LogP contribution in [0.15, 0.2) is 71.9 Å². The number of benzene rings is 3. The van der Waals surface area contributed by atoms with E-state index in [1.54, 1.807) is 30.3 Å². The summed E-state index contributed by atoms with van der Waals surface area (Å²) < 4.78 is 32.6. The zero-order valence-electron chi connectivity index (χ0n) is 21.9. The van der Waals surface area contributed by atoms with Crippen LogP contribution in [-0.2, 0) is 6.61 Å². The lowest BCUT2D eigenvalue weighted by molar-refractivity contribution is -0.479. The molecule has 0 N–H and O–H groups in total. The summed E-state index contributed by atoms with van der Waals surface area (Å²) in [6.45, 7) is 6.33. The predicted octanol–water partition coefficient (Wildman–Crippen LogP) is 6.20. The molecule has 1 aromatic heterocycles. The fourth-order valence-electron chi connectivity index (χ4n) is 3.95. The number of thioether (sulfide) groups is 1. The van der Waals surface area contributed by atoms with Crippen molar-refractivity contribution in [3.63, 3.8) is 0 Å². The SMILES string of the molecule is CCOc1ccc(-n2c(C)nnc2S[C@@H](C[N+](=O)[O-])c2ccc(OCc3cccc(F)c3)c(OCC)c2)cc1. The van der Waals surface area contributed by atoms with Crippen LogP contribution in [0.1, 0.15) is 36.0 Å². The van der Waals surface area contributed by atoms with Crippen molar-refractivity contribution in [1.29, 1.82) is 0 Å². The minimum atomic E-state index is -0.582. The lowest BCUT2D eigenvalue weighted by atomic mass is 10.1. The van der Waals surface area contributed by atoms with Gasteiger partial charge in [-0.15, -0.1) is 10.2 Å². The molecule has 1 heterocycles. The van der Waals surface area contributed by atoms with Crippen LogP contribution in [0.3, 0.4) is 0 Å². The molecular formula is C28H29FN4O5S. The van der Waals surface area contributed by atoms with E-state index in [9.17, 15) is 14.5 Å². The van der Waals surface area contributed by atoms with Gasteiger partial charge in [-0.25, -0.2) is 4.39 Å². The molecular weight excluding hydrogens is 523 g/mol. The average molecular weight is 553 g/mol. The smallest absolute Gasteiger partial charge is 0.220 e. The Hall–Kier alpha value is -4.12. The molecule has 0 saturated carbocycles. The van der Waals surface area contributed by atoms with Gasteiger partial charge < -0.3 is 14.2 Å². The molecule has 204 valence electrons. The second-order valence-corrected chi connectivity index (χ2v) is 9.64. The lowest BCUT2D eigenvalue weighted by Gasteiger charge is -2.17. The van der Waals surface area contributed by atoms with Crippen molar-refractivity contribution >= 4 is 11.8 Å². The summed E-state index contributed by atoms with van der Waals surface area (Å²) in [7, 11) is 0. The Morgan fingerprint density at radius 3 is 2.44 bits per heavy atom. The van der Waals surface area contributed by atoms with E-state index in [1.165, 1.54) is 23.9 Å². The second kappa shape index (κ2) is 13.1. The van der Waals surface area contributed by atoms with Crippen LogP contribution < -0.4 is 14.2 Å². The predicted molar refractivity (Wildman–Crippen MR) is 146 cm³/mol. The molecule has 0 aliphatic heterocycles. The molecule has 0 aliphatic carbocycles. The summed E-state index contributed by atoms with van der Waals surface area (Å²) in [5.74, 6) is 1.96. The number of aromatic nitrogens is 3. The zero-order valence-corrected chi connectivity index (χ0v) is 22.7. The van der Waals surface area contributed by atoms with Crippen LogP contribution in [0, 0.1) is 22.9 Å². The summed E-state index contributed by atoms with van der Waals surface area (Å²) in [5, 5.41) is 20.1. The van der Waals surface area contributed by atoms with E-state index in [0.717, 1.165) is 11.4 Å². The minimum Gasteiger partial charge on any atom is -0.494 e. The van der Waals surface area contributed by atoms with E-state index in [4.69, 9.17) is 14.2 Å². The Labute approximate surface area is 230 Å². The molecule has 0 amide bonds. The third-order valence-electron chi connectivity index (χ3n) is 5.69. The standard InChI is InChI=1S/C28H29FN4O5S/c1-4-36-24-12-10-23(11-13-24)33-19(3)30-31-28(33)39-27(17-32(34)35)21-9-14-25(26(16-21)37-5-2)38-18-20-7-6-8-22(29)15-20/h6-16,27H,4-5,17-18H2,1-3H3/t27-/m0/s1. The molecule has 0 spiro atoms. The van der Waals surface area contributed by atoms with Gasteiger partial charge >= 0.3 is 0 Å². The first kappa shape index (κ1) is 27.9. The Morgan fingerprint density at radius 1 is 0.974 bits per heavy atom.